The molecule has 0 aliphatic carbocycles. The topological polar surface area (TPSA) is 71.4 Å². The highest BCUT2D eigenvalue weighted by Gasteiger charge is 2.26. The Kier molecular flexibility index (Phi) is 5.05. The van der Waals surface area contributed by atoms with Crippen LogP contribution in [-0.4, -0.2) is 30.5 Å². The predicted octanol–water partition coefficient (Wildman–Crippen LogP) is 2.21. The van der Waals surface area contributed by atoms with Crippen molar-refractivity contribution in [3.05, 3.63) is 35.6 Å². The van der Waals surface area contributed by atoms with Crippen LogP contribution in [-0.2, 0) is 14.6 Å². The molecule has 106 valence electrons. The summed E-state index contributed by atoms with van der Waals surface area (Å²) in [5.74, 6) is -3.26. The van der Waals surface area contributed by atoms with Crippen LogP contribution in [0.4, 0.5) is 4.39 Å². The molecule has 0 fully saturated rings. The van der Waals surface area contributed by atoms with E-state index in [4.69, 9.17) is 5.11 Å². The average Bonchev–Trinajstić information content (AvgIpc) is 2.30. The Morgan fingerprint density at radius 1 is 1.32 bits per heavy atom. The fraction of sp³-hybridized carbons (Fsp3) is 0.462. The highest BCUT2D eigenvalue weighted by molar-refractivity contribution is 7.91. The van der Waals surface area contributed by atoms with Gasteiger partial charge in [-0.15, -0.1) is 0 Å². The Morgan fingerprint density at radius 2 is 1.89 bits per heavy atom. The summed E-state index contributed by atoms with van der Waals surface area (Å²) < 4.78 is 36.9. The van der Waals surface area contributed by atoms with E-state index in [0.717, 1.165) is 0 Å². The van der Waals surface area contributed by atoms with Crippen LogP contribution in [0.25, 0.3) is 0 Å². The summed E-state index contributed by atoms with van der Waals surface area (Å²) in [5.41, 5.74) is 0.0222. The number of hydrogen-bond acceptors (Lipinski definition) is 3. The van der Waals surface area contributed by atoms with Gasteiger partial charge in [-0.25, -0.2) is 12.8 Å². The smallest absolute Gasteiger partial charge is 0.311 e. The van der Waals surface area contributed by atoms with Crippen LogP contribution in [0.2, 0.25) is 0 Å². The van der Waals surface area contributed by atoms with Crippen LogP contribution in [0, 0.1) is 5.82 Å². The molecule has 1 rings (SSSR count). The summed E-state index contributed by atoms with van der Waals surface area (Å²) in [5, 5.41) is 8.56. The number of hydrogen-bond donors (Lipinski definition) is 1. The van der Waals surface area contributed by atoms with E-state index in [1.54, 1.807) is 0 Å². The van der Waals surface area contributed by atoms with Crippen molar-refractivity contribution in [2.24, 2.45) is 0 Å². The second-order valence-electron chi connectivity index (χ2n) is 4.62. The van der Waals surface area contributed by atoms with Crippen LogP contribution in [0.15, 0.2) is 24.3 Å². The third-order valence-corrected chi connectivity index (χ3v) is 5.23. The van der Waals surface area contributed by atoms with Gasteiger partial charge in [0.15, 0.2) is 9.84 Å². The number of sulfone groups is 1. The Balaban J connectivity index is 2.93. The van der Waals surface area contributed by atoms with Crippen molar-refractivity contribution in [2.75, 3.05) is 5.75 Å². The number of carbonyl (C=O) groups is 1. The monoisotopic (exact) mass is 288 g/mol. The van der Waals surface area contributed by atoms with E-state index >= 15 is 0 Å². The van der Waals surface area contributed by atoms with Gasteiger partial charge in [0.05, 0.1) is 16.9 Å². The Bertz CT molecular complexity index is 552. The average molecular weight is 288 g/mol. The summed E-state index contributed by atoms with van der Waals surface area (Å²) in [6.45, 7) is 3.07. The maximum atomic E-state index is 13.6. The van der Waals surface area contributed by atoms with Crippen LogP contribution < -0.4 is 0 Å². The van der Waals surface area contributed by atoms with Crippen molar-refractivity contribution in [1.29, 1.82) is 0 Å². The molecule has 4 nitrogen and oxygen atoms in total. The van der Waals surface area contributed by atoms with Crippen LogP contribution >= 0.6 is 0 Å². The summed E-state index contributed by atoms with van der Waals surface area (Å²) in [4.78, 5) is 11.2. The molecule has 1 aromatic carbocycles. The maximum Gasteiger partial charge on any atom is 0.311 e. The van der Waals surface area contributed by atoms with Gasteiger partial charge < -0.3 is 5.11 Å². The zero-order chi connectivity index (χ0) is 14.6. The third kappa shape index (κ3) is 4.02. The summed E-state index contributed by atoms with van der Waals surface area (Å²) in [6, 6.07) is 5.53. The van der Waals surface area contributed by atoms with Crippen molar-refractivity contribution in [2.45, 2.75) is 31.4 Å². The molecule has 0 saturated heterocycles. The molecule has 1 aromatic rings. The Hall–Kier alpha value is -1.43. The van der Waals surface area contributed by atoms with Gasteiger partial charge in [0.1, 0.15) is 5.82 Å². The van der Waals surface area contributed by atoms with Gasteiger partial charge in [-0.05, 0) is 26.3 Å². The minimum atomic E-state index is -3.33. The molecule has 0 saturated carbocycles. The largest absolute Gasteiger partial charge is 0.481 e. The normalized spacial score (nSPS) is 13.5. The highest BCUT2D eigenvalue weighted by Crippen LogP contribution is 2.24. The minimum Gasteiger partial charge on any atom is -0.481 e. The fourth-order valence-corrected chi connectivity index (χ4v) is 2.72. The van der Waals surface area contributed by atoms with Crippen molar-refractivity contribution in [3.8, 4) is 0 Å². The third-order valence-electron chi connectivity index (χ3n) is 2.99. The first-order chi connectivity index (χ1) is 8.75. The molecular weight excluding hydrogens is 271 g/mol. The Morgan fingerprint density at radius 3 is 2.37 bits per heavy atom. The summed E-state index contributed by atoms with van der Waals surface area (Å²) in [6.07, 6.45) is -0.128. The zero-order valence-electron chi connectivity index (χ0n) is 10.8. The first-order valence-corrected chi connectivity index (χ1v) is 7.66. The van der Waals surface area contributed by atoms with Crippen LogP contribution in [0.1, 0.15) is 31.7 Å². The van der Waals surface area contributed by atoms with E-state index in [2.05, 4.69) is 0 Å². The quantitative estimate of drug-likeness (QED) is 0.871. The van der Waals surface area contributed by atoms with Gasteiger partial charge in [0.25, 0.3) is 0 Å². The first-order valence-electron chi connectivity index (χ1n) is 5.94. The molecule has 0 spiro atoms. The fourth-order valence-electron chi connectivity index (χ4n) is 1.69. The number of rotatable bonds is 6. The van der Waals surface area contributed by atoms with Gasteiger partial charge in [0, 0.05) is 5.56 Å². The number of carboxylic acid groups (broad SMARTS) is 1. The lowest BCUT2D eigenvalue weighted by Crippen LogP contribution is -2.22. The van der Waals surface area contributed by atoms with Crippen LogP contribution in [0.5, 0.6) is 0 Å². The molecule has 0 heterocycles. The predicted molar refractivity (Wildman–Crippen MR) is 70.3 cm³/mol. The standard InChI is InChI=1S/C13H17FO4S/c1-9(2)19(17,18)8-7-11(13(15)16)10-5-3-4-6-12(10)14/h3-6,9,11H,7-8H2,1-2H3,(H,15,16). The van der Waals surface area contributed by atoms with E-state index in [-0.39, 0.29) is 17.7 Å². The molecule has 6 heteroatoms. The molecule has 0 aliphatic heterocycles. The summed E-state index contributed by atoms with van der Waals surface area (Å²) in [7, 11) is -3.33. The lowest BCUT2D eigenvalue weighted by atomic mass is 9.96. The summed E-state index contributed by atoms with van der Waals surface area (Å²) >= 11 is 0. The molecule has 1 unspecified atom stereocenters. The van der Waals surface area contributed by atoms with Gasteiger partial charge in [-0.3, -0.25) is 4.79 Å². The van der Waals surface area contributed by atoms with Gasteiger partial charge >= 0.3 is 5.97 Å². The molecule has 0 bridgehead atoms. The highest BCUT2D eigenvalue weighted by atomic mass is 32.2. The zero-order valence-corrected chi connectivity index (χ0v) is 11.7. The second kappa shape index (κ2) is 6.14. The van der Waals surface area contributed by atoms with Crippen LogP contribution in [0.3, 0.4) is 0 Å². The Labute approximate surface area is 112 Å². The number of aliphatic carboxylic acids is 1. The minimum absolute atomic E-state index is 0.0222. The SMILES string of the molecule is CC(C)S(=O)(=O)CCC(C(=O)O)c1ccccc1F. The molecular formula is C13H17FO4S. The van der Waals surface area contributed by atoms with Crippen molar-refractivity contribution < 1.29 is 22.7 Å². The molecule has 0 aliphatic rings. The first kappa shape index (κ1) is 15.6. The van der Waals surface area contributed by atoms with Crippen molar-refractivity contribution >= 4 is 15.8 Å². The molecule has 0 aromatic heterocycles. The van der Waals surface area contributed by atoms with E-state index in [0.29, 0.717) is 0 Å². The number of halogens is 1. The van der Waals surface area contributed by atoms with Crippen molar-refractivity contribution in [1.82, 2.24) is 0 Å². The number of carboxylic acids is 1. The number of benzene rings is 1. The van der Waals surface area contributed by atoms with E-state index < -0.39 is 32.8 Å². The maximum absolute atomic E-state index is 13.6. The lowest BCUT2D eigenvalue weighted by Gasteiger charge is -2.14. The molecule has 0 radical (unpaired) electrons. The van der Waals surface area contributed by atoms with Gasteiger partial charge in [0.2, 0.25) is 0 Å². The van der Waals surface area contributed by atoms with E-state index in [9.17, 15) is 17.6 Å². The molecule has 0 amide bonds. The van der Waals surface area contributed by atoms with Gasteiger partial charge in [-0.1, -0.05) is 18.2 Å². The molecule has 19 heavy (non-hydrogen) atoms. The molecule has 1 atom stereocenters. The van der Waals surface area contributed by atoms with Crippen molar-refractivity contribution in [3.63, 3.8) is 0 Å². The molecule has 1 N–H and O–H groups in total. The van der Waals surface area contributed by atoms with E-state index in [1.165, 1.54) is 38.1 Å². The van der Waals surface area contributed by atoms with E-state index in [1.807, 2.05) is 0 Å². The second-order valence-corrected chi connectivity index (χ2v) is 7.29. The lowest BCUT2D eigenvalue weighted by molar-refractivity contribution is -0.138. The van der Waals surface area contributed by atoms with Gasteiger partial charge in [-0.2, -0.15) is 0 Å².